The Bertz CT molecular complexity index is 1910. The van der Waals surface area contributed by atoms with Crippen LogP contribution in [0.3, 0.4) is 0 Å². The fourth-order valence-electron chi connectivity index (χ4n) is 6.69. The number of hydrogen-bond acceptors (Lipinski definition) is 0. The summed E-state index contributed by atoms with van der Waals surface area (Å²) in [5.74, 6) is 0. The van der Waals surface area contributed by atoms with E-state index in [9.17, 15) is 0 Å². The number of rotatable bonds is 3. The molecule has 0 bridgehead atoms. The van der Waals surface area contributed by atoms with E-state index in [-0.39, 0.29) is 10.8 Å². The highest BCUT2D eigenvalue weighted by Gasteiger charge is 2.46. The lowest BCUT2D eigenvalue weighted by molar-refractivity contribution is 0.299. The number of hydrogen-bond donors (Lipinski definition) is 0. The zero-order chi connectivity index (χ0) is 28.4. The van der Waals surface area contributed by atoms with Gasteiger partial charge in [-0.2, -0.15) is 0 Å². The van der Waals surface area contributed by atoms with Crippen LogP contribution in [-0.4, -0.2) is 0 Å². The Morgan fingerprint density at radius 3 is 1.44 bits per heavy atom. The quantitative estimate of drug-likeness (QED) is 0.214. The van der Waals surface area contributed by atoms with E-state index >= 15 is 0 Å². The van der Waals surface area contributed by atoms with Gasteiger partial charge in [-0.3, -0.25) is 0 Å². The molecule has 0 heterocycles. The highest BCUT2D eigenvalue weighted by Crippen LogP contribution is 2.55. The first-order valence-corrected chi connectivity index (χ1v) is 14.7. The van der Waals surface area contributed by atoms with E-state index < -0.39 is 0 Å². The molecule has 0 spiro atoms. The molecule has 0 aliphatic heterocycles. The Morgan fingerprint density at radius 1 is 0.390 bits per heavy atom. The normalized spacial score (nSPS) is 14.9. The third-order valence-electron chi connectivity index (χ3n) is 9.94. The molecule has 1 aliphatic rings. The fraction of sp³-hybridized carbons (Fsp3) is 0.171. The number of benzene rings is 6. The van der Waals surface area contributed by atoms with Crippen molar-refractivity contribution in [3.63, 3.8) is 0 Å². The molecule has 0 atom stereocenters. The molecule has 0 radical (unpaired) electrons. The van der Waals surface area contributed by atoms with Crippen molar-refractivity contribution in [2.45, 2.75) is 45.4 Å². The summed E-state index contributed by atoms with van der Waals surface area (Å²) in [7, 11) is 0. The van der Waals surface area contributed by atoms with E-state index in [1.807, 2.05) is 0 Å². The summed E-state index contributed by atoms with van der Waals surface area (Å²) >= 11 is 0. The molecule has 0 amide bonds. The van der Waals surface area contributed by atoms with Crippen LogP contribution in [-0.2, 0) is 10.8 Å². The van der Waals surface area contributed by atoms with Gasteiger partial charge in [-0.15, -0.1) is 0 Å². The maximum absolute atomic E-state index is 2.45. The third kappa shape index (κ3) is 4.05. The Morgan fingerprint density at radius 2 is 0.854 bits per heavy atom. The summed E-state index contributed by atoms with van der Waals surface area (Å²) in [6.45, 7) is 11.8. The molecule has 0 heteroatoms. The van der Waals surface area contributed by atoms with Crippen molar-refractivity contribution < 1.29 is 0 Å². The van der Waals surface area contributed by atoms with Gasteiger partial charge in [0.15, 0.2) is 0 Å². The molecule has 0 aromatic heterocycles. The molecule has 0 fully saturated rings. The first kappa shape index (κ1) is 25.5. The van der Waals surface area contributed by atoms with Crippen LogP contribution in [0, 0.1) is 6.92 Å². The Labute approximate surface area is 244 Å². The lowest BCUT2D eigenvalue weighted by atomic mass is 9.55. The zero-order valence-electron chi connectivity index (χ0n) is 24.6. The molecule has 1 aliphatic carbocycles. The van der Waals surface area contributed by atoms with Crippen LogP contribution in [0.4, 0.5) is 0 Å². The van der Waals surface area contributed by atoms with Crippen LogP contribution in [0.1, 0.15) is 44.4 Å². The predicted octanol–water partition coefficient (Wildman–Crippen LogP) is 11.4. The van der Waals surface area contributed by atoms with Gasteiger partial charge in [-0.25, -0.2) is 0 Å². The maximum Gasteiger partial charge on any atom is -0.000546 e. The standard InChI is InChI=1S/C41H36/c1-27-13-15-28(16-14-27)32-21-23-36-37-24-22-33(26-39(37)41(4,5)40(2,3)38(36)25-32)29-17-19-31(20-18-29)35-12-8-10-30-9-6-7-11-34(30)35/h6-26H,1-5H3. The fourth-order valence-corrected chi connectivity index (χ4v) is 6.69. The summed E-state index contributed by atoms with van der Waals surface area (Å²) in [5.41, 5.74) is 14.4. The molecule has 41 heavy (non-hydrogen) atoms. The van der Waals surface area contributed by atoms with E-state index in [1.54, 1.807) is 0 Å². The van der Waals surface area contributed by atoms with Gasteiger partial charge in [0.05, 0.1) is 0 Å². The molecule has 6 aromatic carbocycles. The summed E-state index contributed by atoms with van der Waals surface area (Å²) in [5, 5.41) is 2.57. The first-order valence-electron chi connectivity index (χ1n) is 14.7. The molecular formula is C41H36. The molecule has 7 rings (SSSR count). The average molecular weight is 529 g/mol. The number of fused-ring (bicyclic) bond motifs is 4. The monoisotopic (exact) mass is 528 g/mol. The van der Waals surface area contributed by atoms with Gasteiger partial charge in [-0.05, 0) is 96.3 Å². The van der Waals surface area contributed by atoms with E-state index in [4.69, 9.17) is 0 Å². The summed E-state index contributed by atoms with van der Waals surface area (Å²) < 4.78 is 0. The summed E-state index contributed by atoms with van der Waals surface area (Å²) in [6.07, 6.45) is 0. The molecule has 0 N–H and O–H groups in total. The third-order valence-corrected chi connectivity index (χ3v) is 9.94. The van der Waals surface area contributed by atoms with Crippen molar-refractivity contribution >= 4 is 10.8 Å². The number of aryl methyl sites for hydroxylation is 1. The molecule has 0 saturated heterocycles. The minimum Gasteiger partial charge on any atom is -0.0616 e. The van der Waals surface area contributed by atoms with Crippen molar-refractivity contribution in [2.75, 3.05) is 0 Å². The maximum atomic E-state index is 2.45. The topological polar surface area (TPSA) is 0 Å². The minimum atomic E-state index is -0.0415. The minimum absolute atomic E-state index is 0.0348. The molecule has 200 valence electrons. The van der Waals surface area contributed by atoms with E-state index in [0.29, 0.717) is 0 Å². The molecule has 0 unspecified atom stereocenters. The highest BCUT2D eigenvalue weighted by atomic mass is 14.5. The Kier molecular flexibility index (Phi) is 5.80. The lowest BCUT2D eigenvalue weighted by Gasteiger charge is -2.48. The van der Waals surface area contributed by atoms with Crippen LogP contribution < -0.4 is 0 Å². The average Bonchev–Trinajstić information content (AvgIpc) is 3.00. The van der Waals surface area contributed by atoms with Crippen LogP contribution in [0.2, 0.25) is 0 Å². The van der Waals surface area contributed by atoms with Crippen molar-refractivity contribution in [2.24, 2.45) is 0 Å². The zero-order valence-corrected chi connectivity index (χ0v) is 24.6. The summed E-state index contributed by atoms with van der Waals surface area (Å²) in [4.78, 5) is 0. The predicted molar refractivity (Wildman–Crippen MR) is 176 cm³/mol. The first-order chi connectivity index (χ1) is 19.7. The van der Waals surface area contributed by atoms with Gasteiger partial charge >= 0.3 is 0 Å². The van der Waals surface area contributed by atoms with E-state index in [1.165, 1.54) is 72.0 Å². The second kappa shape index (κ2) is 9.32. The lowest BCUT2D eigenvalue weighted by Crippen LogP contribution is -2.43. The van der Waals surface area contributed by atoms with Gasteiger partial charge in [0.2, 0.25) is 0 Å². The van der Waals surface area contributed by atoms with Gasteiger partial charge in [0.1, 0.15) is 0 Å². The molecular weight excluding hydrogens is 492 g/mol. The smallest absolute Gasteiger partial charge is 0.000546 e. The second-order valence-electron chi connectivity index (χ2n) is 12.7. The largest absolute Gasteiger partial charge is 0.0616 e. The molecule has 0 saturated carbocycles. The Balaban J connectivity index is 1.30. The molecule has 0 nitrogen and oxygen atoms in total. The van der Waals surface area contributed by atoms with Gasteiger partial charge in [-0.1, -0.05) is 149 Å². The Hall–Kier alpha value is -4.42. The van der Waals surface area contributed by atoms with Crippen LogP contribution in [0.5, 0.6) is 0 Å². The van der Waals surface area contributed by atoms with E-state index in [0.717, 1.165) is 0 Å². The van der Waals surface area contributed by atoms with Crippen molar-refractivity contribution in [3.8, 4) is 44.5 Å². The SMILES string of the molecule is Cc1ccc(-c2ccc3c(c2)C(C)(C)C(C)(C)c2cc(-c4ccc(-c5cccc6ccccc56)cc4)ccc2-3)cc1. The van der Waals surface area contributed by atoms with Crippen LogP contribution in [0.15, 0.2) is 127 Å². The van der Waals surface area contributed by atoms with Crippen LogP contribution in [0.25, 0.3) is 55.3 Å². The highest BCUT2D eigenvalue weighted by molar-refractivity contribution is 5.97. The van der Waals surface area contributed by atoms with E-state index in [2.05, 4.69) is 162 Å². The summed E-state index contributed by atoms with van der Waals surface area (Å²) in [6, 6.07) is 47.4. The van der Waals surface area contributed by atoms with Gasteiger partial charge in [0.25, 0.3) is 0 Å². The van der Waals surface area contributed by atoms with Crippen molar-refractivity contribution in [1.82, 2.24) is 0 Å². The van der Waals surface area contributed by atoms with Gasteiger partial charge < -0.3 is 0 Å². The van der Waals surface area contributed by atoms with Gasteiger partial charge in [0, 0.05) is 0 Å². The second-order valence-corrected chi connectivity index (χ2v) is 12.7. The van der Waals surface area contributed by atoms with Crippen molar-refractivity contribution in [1.29, 1.82) is 0 Å². The van der Waals surface area contributed by atoms with Crippen LogP contribution >= 0.6 is 0 Å². The molecule has 6 aromatic rings. The van der Waals surface area contributed by atoms with Crippen molar-refractivity contribution in [3.05, 3.63) is 144 Å².